The minimum atomic E-state index is -0.328. The number of ketones is 1. The SMILES string of the molecule is C=CC.CC.CC/C=C\N=C(C)C.CCC(C)c1cc(C2(CO)CCN(CC(C)=O)C2)ccc1O.c1ccc(N2CCCCC2)cc1. The number of hydrogen-bond donors (Lipinski definition) is 2. The van der Waals surface area contributed by atoms with E-state index >= 15 is 0 Å². The second-order valence-corrected chi connectivity index (χ2v) is 12.3. The molecule has 0 amide bonds. The van der Waals surface area contributed by atoms with Crippen molar-refractivity contribution in [1.82, 2.24) is 4.90 Å². The fraction of sp³-hybridized carbons (Fsp3) is 0.561. The number of nitrogens with zero attached hydrogens (tertiary/aromatic N) is 3. The molecular formula is C41H67N3O3. The highest BCUT2D eigenvalue weighted by Gasteiger charge is 2.39. The van der Waals surface area contributed by atoms with E-state index in [0.717, 1.165) is 42.6 Å². The summed E-state index contributed by atoms with van der Waals surface area (Å²) in [4.78, 5) is 20.0. The van der Waals surface area contributed by atoms with E-state index in [9.17, 15) is 15.0 Å². The lowest BCUT2D eigenvalue weighted by molar-refractivity contribution is -0.117. The zero-order valence-corrected chi connectivity index (χ0v) is 31.3. The van der Waals surface area contributed by atoms with Crippen molar-refractivity contribution >= 4 is 17.2 Å². The van der Waals surface area contributed by atoms with Gasteiger partial charge in [0, 0.05) is 42.6 Å². The first-order valence-corrected chi connectivity index (χ1v) is 17.8. The number of para-hydroxylation sites is 1. The summed E-state index contributed by atoms with van der Waals surface area (Å²) in [6, 6.07) is 16.4. The molecule has 2 aromatic carbocycles. The van der Waals surface area contributed by atoms with Gasteiger partial charge in [-0.1, -0.05) is 77.1 Å². The van der Waals surface area contributed by atoms with Crippen LogP contribution >= 0.6 is 0 Å². The molecule has 2 aromatic rings. The zero-order chi connectivity index (χ0) is 35.7. The summed E-state index contributed by atoms with van der Waals surface area (Å²) in [7, 11) is 0. The molecule has 2 fully saturated rings. The van der Waals surface area contributed by atoms with Crippen LogP contribution in [0.25, 0.3) is 0 Å². The van der Waals surface area contributed by atoms with Gasteiger partial charge in [0.25, 0.3) is 0 Å². The third kappa shape index (κ3) is 17.0. The summed E-state index contributed by atoms with van der Waals surface area (Å²) in [6.07, 6.45) is 12.6. The van der Waals surface area contributed by atoms with Gasteiger partial charge in [0.1, 0.15) is 11.5 Å². The second-order valence-electron chi connectivity index (χ2n) is 12.3. The quantitative estimate of drug-likeness (QED) is 0.209. The number of phenolic OH excluding ortho intramolecular Hbond substituents is 1. The monoisotopic (exact) mass is 650 g/mol. The number of anilines is 1. The van der Waals surface area contributed by atoms with E-state index in [1.165, 1.54) is 38.0 Å². The van der Waals surface area contributed by atoms with Gasteiger partial charge in [0.05, 0.1) is 13.2 Å². The van der Waals surface area contributed by atoms with Gasteiger partial charge in [-0.05, 0) is 108 Å². The molecule has 2 unspecified atom stereocenters. The number of carbonyl (C=O) groups excluding carboxylic acids is 1. The number of carbonyl (C=O) groups is 1. The molecule has 0 aromatic heterocycles. The van der Waals surface area contributed by atoms with Crippen molar-refractivity contribution in [2.24, 2.45) is 4.99 Å². The number of likely N-dealkylation sites (tertiary alicyclic amines) is 1. The Morgan fingerprint density at radius 2 is 1.64 bits per heavy atom. The molecule has 47 heavy (non-hydrogen) atoms. The van der Waals surface area contributed by atoms with Crippen LogP contribution in [0.15, 0.2) is 78.5 Å². The zero-order valence-electron chi connectivity index (χ0n) is 31.3. The molecule has 2 N–H and O–H groups in total. The van der Waals surface area contributed by atoms with Gasteiger partial charge in [-0.2, -0.15) is 0 Å². The largest absolute Gasteiger partial charge is 0.508 e. The summed E-state index contributed by atoms with van der Waals surface area (Å²) in [5.74, 6) is 0.759. The third-order valence-corrected chi connectivity index (χ3v) is 8.12. The van der Waals surface area contributed by atoms with Gasteiger partial charge in [0.15, 0.2) is 0 Å². The maximum Gasteiger partial charge on any atom is 0.143 e. The van der Waals surface area contributed by atoms with Crippen LogP contribution in [0.2, 0.25) is 0 Å². The fourth-order valence-electron chi connectivity index (χ4n) is 5.46. The third-order valence-electron chi connectivity index (χ3n) is 8.12. The topological polar surface area (TPSA) is 76.4 Å². The number of piperidine rings is 1. The maximum absolute atomic E-state index is 11.3. The van der Waals surface area contributed by atoms with Gasteiger partial charge in [-0.25, -0.2) is 0 Å². The van der Waals surface area contributed by atoms with Crippen molar-refractivity contribution in [3.05, 3.63) is 84.6 Å². The van der Waals surface area contributed by atoms with Crippen molar-refractivity contribution in [2.75, 3.05) is 44.2 Å². The van der Waals surface area contributed by atoms with E-state index in [4.69, 9.17) is 0 Å². The lowest BCUT2D eigenvalue weighted by Crippen LogP contribution is -2.36. The van der Waals surface area contributed by atoms with Gasteiger partial charge in [-0.15, -0.1) is 6.58 Å². The summed E-state index contributed by atoms with van der Waals surface area (Å²) >= 11 is 0. The molecule has 2 aliphatic heterocycles. The Morgan fingerprint density at radius 1 is 1.02 bits per heavy atom. The van der Waals surface area contributed by atoms with Crippen LogP contribution in [0, 0.1) is 0 Å². The number of allylic oxidation sites excluding steroid dienone is 2. The molecule has 6 nitrogen and oxygen atoms in total. The molecule has 0 bridgehead atoms. The molecule has 0 radical (unpaired) electrons. The average Bonchev–Trinajstić information content (AvgIpc) is 3.50. The number of phenols is 1. The first kappa shape index (κ1) is 43.8. The van der Waals surface area contributed by atoms with Crippen molar-refractivity contribution in [3.8, 4) is 5.75 Å². The predicted molar refractivity (Wildman–Crippen MR) is 205 cm³/mol. The Bertz CT molecular complexity index is 1170. The number of aliphatic hydroxyl groups is 1. The normalized spacial score (nSPS) is 17.7. The number of aliphatic imine (C=N–C) groups is 1. The Kier molecular flexibility index (Phi) is 24.0. The highest BCUT2D eigenvalue weighted by atomic mass is 16.3. The van der Waals surface area contributed by atoms with Crippen LogP contribution in [0.5, 0.6) is 5.75 Å². The van der Waals surface area contributed by atoms with E-state index in [1.54, 1.807) is 19.1 Å². The van der Waals surface area contributed by atoms with Crippen LogP contribution in [-0.4, -0.2) is 65.9 Å². The summed E-state index contributed by atoms with van der Waals surface area (Å²) in [6.45, 7) is 25.6. The van der Waals surface area contributed by atoms with E-state index in [2.05, 4.69) is 72.5 Å². The molecule has 4 rings (SSSR count). The number of aliphatic hydroxyl groups excluding tert-OH is 1. The van der Waals surface area contributed by atoms with Gasteiger partial charge in [0.2, 0.25) is 0 Å². The summed E-state index contributed by atoms with van der Waals surface area (Å²) < 4.78 is 0. The Hall–Kier alpha value is -3.22. The fourth-order valence-corrected chi connectivity index (χ4v) is 5.46. The molecule has 2 aliphatic rings. The summed E-state index contributed by atoms with van der Waals surface area (Å²) in [5, 5.41) is 20.1. The molecule has 0 saturated carbocycles. The molecule has 0 spiro atoms. The Balaban J connectivity index is 0.000000708. The number of Topliss-reactive ketones (excluding diaryl/α,β-unsaturated/α-hetero) is 1. The van der Waals surface area contributed by atoms with Gasteiger partial charge >= 0.3 is 0 Å². The van der Waals surface area contributed by atoms with E-state index < -0.39 is 0 Å². The smallest absolute Gasteiger partial charge is 0.143 e. The second kappa shape index (κ2) is 25.8. The molecule has 0 aliphatic carbocycles. The highest BCUT2D eigenvalue weighted by molar-refractivity contribution is 5.79. The van der Waals surface area contributed by atoms with Crippen molar-refractivity contribution in [2.45, 2.75) is 112 Å². The number of benzene rings is 2. The van der Waals surface area contributed by atoms with Crippen LogP contribution in [0.4, 0.5) is 5.69 Å². The van der Waals surface area contributed by atoms with E-state index in [1.807, 2.05) is 59.0 Å². The van der Waals surface area contributed by atoms with Crippen LogP contribution < -0.4 is 4.90 Å². The van der Waals surface area contributed by atoms with E-state index in [-0.39, 0.29) is 23.7 Å². The molecule has 2 atom stereocenters. The standard InChI is InChI=1S/C18H27NO3.C11H15N.C7H13N.C3H6.C2H6/c1-4-13(2)16-9-15(5-6-17(16)22)18(12-20)7-8-19(11-18)10-14(3)21;1-3-7-11(8-4-1)12-9-5-2-6-10-12;1-4-5-6-8-7(2)3;1-3-2;1-2/h5-6,9,13,20,22H,4,7-8,10-12H2,1-3H3;1,3-4,7-8H,2,5-6,9-10H2;5-6H,4H2,1-3H3;3H,1H2,2H3;1-2H3/b;;6-5-;;. The maximum atomic E-state index is 11.3. The molecule has 6 heteroatoms. The minimum Gasteiger partial charge on any atom is -0.508 e. The van der Waals surface area contributed by atoms with Crippen molar-refractivity contribution in [3.63, 3.8) is 0 Å². The average molecular weight is 650 g/mol. The van der Waals surface area contributed by atoms with Crippen molar-refractivity contribution in [1.29, 1.82) is 0 Å². The van der Waals surface area contributed by atoms with Gasteiger partial charge in [-0.3, -0.25) is 14.7 Å². The lowest BCUT2D eigenvalue weighted by atomic mass is 9.78. The number of hydrogen-bond acceptors (Lipinski definition) is 6. The van der Waals surface area contributed by atoms with Crippen LogP contribution in [-0.2, 0) is 10.2 Å². The predicted octanol–water partition coefficient (Wildman–Crippen LogP) is 9.72. The first-order valence-electron chi connectivity index (χ1n) is 17.8. The first-order chi connectivity index (χ1) is 22.6. The Morgan fingerprint density at radius 3 is 2.15 bits per heavy atom. The van der Waals surface area contributed by atoms with Crippen LogP contribution in [0.1, 0.15) is 118 Å². The number of rotatable bonds is 9. The molecular weight excluding hydrogens is 582 g/mol. The van der Waals surface area contributed by atoms with Gasteiger partial charge < -0.3 is 15.1 Å². The highest BCUT2D eigenvalue weighted by Crippen LogP contribution is 2.38. The Labute approximate surface area is 288 Å². The molecule has 2 heterocycles. The molecule has 2 saturated heterocycles. The minimum absolute atomic E-state index is 0.0616. The van der Waals surface area contributed by atoms with Crippen molar-refractivity contribution < 1.29 is 15.0 Å². The van der Waals surface area contributed by atoms with E-state index in [0.29, 0.717) is 18.8 Å². The lowest BCUT2D eigenvalue weighted by Gasteiger charge is -2.29. The number of aromatic hydroxyl groups is 1. The van der Waals surface area contributed by atoms with Crippen LogP contribution in [0.3, 0.4) is 0 Å². The molecule has 264 valence electrons. The summed E-state index contributed by atoms with van der Waals surface area (Å²) in [5.41, 5.74) is 4.17.